The van der Waals surface area contributed by atoms with Crippen molar-refractivity contribution in [2.45, 2.75) is 47.5 Å². The van der Waals surface area contributed by atoms with Crippen LogP contribution in [0.2, 0.25) is 0 Å². The van der Waals surface area contributed by atoms with E-state index < -0.39 is 0 Å². The van der Waals surface area contributed by atoms with Gasteiger partial charge in [0.1, 0.15) is 0 Å². The normalized spacial score (nSPS) is 9.58. The van der Waals surface area contributed by atoms with E-state index in [1.807, 2.05) is 25.2 Å². The molecule has 0 nitrogen and oxygen atoms in total. The number of thiophene rings is 1. The minimum atomic E-state index is 0.685. The molecule has 0 atom stereocenters. The van der Waals surface area contributed by atoms with Crippen molar-refractivity contribution in [1.82, 2.24) is 0 Å². The summed E-state index contributed by atoms with van der Waals surface area (Å²) >= 11 is 1.90. The van der Waals surface area contributed by atoms with E-state index in [4.69, 9.17) is 0 Å². The van der Waals surface area contributed by atoms with Gasteiger partial charge >= 0.3 is 0 Å². The largest absolute Gasteiger partial charge is 0.146 e. The highest BCUT2D eigenvalue weighted by Gasteiger charge is 2.05. The standard InChI is InChI=1S/C9H14S.C2H6/c1-6(2)9-5-7(3)10-8(9)4;1-2/h5-6H,1-4H3;1-2H3. The summed E-state index contributed by atoms with van der Waals surface area (Å²) in [6.45, 7) is 12.9. The Labute approximate surface area is 80.6 Å². The van der Waals surface area contributed by atoms with Crippen molar-refractivity contribution in [3.63, 3.8) is 0 Å². The summed E-state index contributed by atoms with van der Waals surface area (Å²) < 4.78 is 0. The van der Waals surface area contributed by atoms with Gasteiger partial charge in [0.15, 0.2) is 0 Å². The lowest BCUT2D eigenvalue weighted by molar-refractivity contribution is 0.864. The first-order valence-corrected chi connectivity index (χ1v) is 5.50. The summed E-state index contributed by atoms with van der Waals surface area (Å²) in [5.41, 5.74) is 1.52. The molecule has 0 saturated carbocycles. The maximum atomic E-state index is 2.30. The third-order valence-electron chi connectivity index (χ3n) is 1.70. The Bertz CT molecular complexity index is 221. The number of hydrogen-bond donors (Lipinski definition) is 0. The molecule has 0 spiro atoms. The maximum absolute atomic E-state index is 2.30. The van der Waals surface area contributed by atoms with E-state index in [0.717, 1.165) is 0 Å². The van der Waals surface area contributed by atoms with Gasteiger partial charge in [-0.15, -0.1) is 11.3 Å². The first-order valence-electron chi connectivity index (χ1n) is 4.68. The fourth-order valence-corrected chi connectivity index (χ4v) is 2.31. The molecule has 0 bridgehead atoms. The quantitative estimate of drug-likeness (QED) is 0.602. The van der Waals surface area contributed by atoms with Crippen LogP contribution in [0, 0.1) is 13.8 Å². The third kappa shape index (κ3) is 2.98. The molecule has 0 aliphatic rings. The van der Waals surface area contributed by atoms with Gasteiger partial charge in [-0.3, -0.25) is 0 Å². The molecule has 1 heterocycles. The predicted molar refractivity (Wildman–Crippen MR) is 59.2 cm³/mol. The van der Waals surface area contributed by atoms with E-state index in [2.05, 4.69) is 33.8 Å². The van der Waals surface area contributed by atoms with Crippen molar-refractivity contribution in [3.05, 3.63) is 21.4 Å². The first kappa shape index (κ1) is 11.7. The highest BCUT2D eigenvalue weighted by Crippen LogP contribution is 2.26. The summed E-state index contributed by atoms with van der Waals surface area (Å²) in [5.74, 6) is 0.685. The molecule has 0 aromatic carbocycles. The number of rotatable bonds is 1. The fourth-order valence-electron chi connectivity index (χ4n) is 1.22. The van der Waals surface area contributed by atoms with E-state index >= 15 is 0 Å². The van der Waals surface area contributed by atoms with Gasteiger partial charge in [0.25, 0.3) is 0 Å². The van der Waals surface area contributed by atoms with Crippen molar-refractivity contribution in [1.29, 1.82) is 0 Å². The lowest BCUT2D eigenvalue weighted by atomic mass is 10.0. The summed E-state index contributed by atoms with van der Waals surface area (Å²) in [7, 11) is 0. The predicted octanol–water partition coefficient (Wildman–Crippen LogP) is 4.51. The van der Waals surface area contributed by atoms with E-state index in [9.17, 15) is 0 Å². The van der Waals surface area contributed by atoms with Crippen molar-refractivity contribution in [2.24, 2.45) is 0 Å². The lowest BCUT2D eigenvalue weighted by Crippen LogP contribution is -1.84. The molecule has 0 amide bonds. The van der Waals surface area contributed by atoms with Gasteiger partial charge in [0.2, 0.25) is 0 Å². The molecule has 1 rings (SSSR count). The van der Waals surface area contributed by atoms with E-state index in [1.165, 1.54) is 15.3 Å². The SMILES string of the molecule is CC.Cc1cc(C(C)C)c(C)s1. The van der Waals surface area contributed by atoms with E-state index in [1.54, 1.807) is 0 Å². The van der Waals surface area contributed by atoms with Gasteiger partial charge in [-0.05, 0) is 31.4 Å². The van der Waals surface area contributed by atoms with Crippen LogP contribution in [0.3, 0.4) is 0 Å². The molecular formula is C11H20S. The van der Waals surface area contributed by atoms with Crippen LogP contribution in [-0.4, -0.2) is 0 Å². The number of aryl methyl sites for hydroxylation is 2. The average molecular weight is 184 g/mol. The molecule has 70 valence electrons. The Kier molecular flexibility index (Phi) is 5.23. The second kappa shape index (κ2) is 5.36. The fraction of sp³-hybridized carbons (Fsp3) is 0.636. The van der Waals surface area contributed by atoms with Crippen molar-refractivity contribution in [3.8, 4) is 0 Å². The molecule has 0 saturated heterocycles. The molecule has 0 aliphatic heterocycles. The van der Waals surface area contributed by atoms with Crippen molar-refractivity contribution in [2.75, 3.05) is 0 Å². The smallest absolute Gasteiger partial charge is 0.00516 e. The van der Waals surface area contributed by atoms with Crippen LogP contribution in [0.4, 0.5) is 0 Å². The maximum Gasteiger partial charge on any atom is 0.00516 e. The Morgan fingerprint density at radius 3 is 1.83 bits per heavy atom. The van der Waals surface area contributed by atoms with Crippen LogP contribution in [0.5, 0.6) is 0 Å². The van der Waals surface area contributed by atoms with Crippen LogP contribution in [0.25, 0.3) is 0 Å². The Morgan fingerprint density at radius 2 is 1.67 bits per heavy atom. The van der Waals surface area contributed by atoms with Crippen molar-refractivity contribution < 1.29 is 0 Å². The lowest BCUT2D eigenvalue weighted by Gasteiger charge is -2.01. The summed E-state index contributed by atoms with van der Waals surface area (Å²) in [6.07, 6.45) is 0. The van der Waals surface area contributed by atoms with Gasteiger partial charge in [-0.2, -0.15) is 0 Å². The van der Waals surface area contributed by atoms with E-state index in [-0.39, 0.29) is 0 Å². The molecule has 0 fully saturated rings. The van der Waals surface area contributed by atoms with Gasteiger partial charge in [-0.1, -0.05) is 27.7 Å². The molecule has 0 unspecified atom stereocenters. The Balaban J connectivity index is 0.000000561. The Hall–Kier alpha value is -0.300. The second-order valence-electron chi connectivity index (χ2n) is 3.02. The summed E-state index contributed by atoms with van der Waals surface area (Å²) in [4.78, 5) is 2.91. The zero-order valence-corrected chi connectivity index (χ0v) is 9.88. The zero-order chi connectivity index (χ0) is 9.72. The van der Waals surface area contributed by atoms with Crippen LogP contribution in [0.1, 0.15) is 48.9 Å². The highest BCUT2D eigenvalue weighted by molar-refractivity contribution is 7.12. The Morgan fingerprint density at radius 1 is 1.17 bits per heavy atom. The third-order valence-corrected chi connectivity index (χ3v) is 2.68. The molecule has 0 radical (unpaired) electrons. The van der Waals surface area contributed by atoms with Gasteiger partial charge in [0.05, 0.1) is 0 Å². The topological polar surface area (TPSA) is 0 Å². The van der Waals surface area contributed by atoms with Crippen LogP contribution >= 0.6 is 11.3 Å². The molecule has 0 N–H and O–H groups in total. The van der Waals surface area contributed by atoms with E-state index in [0.29, 0.717) is 5.92 Å². The number of hydrogen-bond acceptors (Lipinski definition) is 1. The molecule has 1 aromatic heterocycles. The minimum Gasteiger partial charge on any atom is -0.146 e. The highest BCUT2D eigenvalue weighted by atomic mass is 32.1. The average Bonchev–Trinajstić information content (AvgIpc) is 2.34. The molecular weight excluding hydrogens is 164 g/mol. The van der Waals surface area contributed by atoms with Crippen LogP contribution < -0.4 is 0 Å². The second-order valence-corrected chi connectivity index (χ2v) is 4.48. The summed E-state index contributed by atoms with van der Waals surface area (Å²) in [5, 5.41) is 0. The molecule has 12 heavy (non-hydrogen) atoms. The first-order chi connectivity index (χ1) is 5.61. The molecule has 0 aliphatic carbocycles. The summed E-state index contributed by atoms with van der Waals surface area (Å²) in [6, 6.07) is 2.30. The molecule has 1 aromatic rings. The van der Waals surface area contributed by atoms with Crippen LogP contribution in [0.15, 0.2) is 6.07 Å². The van der Waals surface area contributed by atoms with Gasteiger partial charge in [0, 0.05) is 9.75 Å². The minimum absolute atomic E-state index is 0.685. The van der Waals surface area contributed by atoms with Crippen molar-refractivity contribution >= 4 is 11.3 Å². The zero-order valence-electron chi connectivity index (χ0n) is 9.06. The van der Waals surface area contributed by atoms with Gasteiger partial charge < -0.3 is 0 Å². The monoisotopic (exact) mass is 184 g/mol. The molecule has 1 heteroatoms. The van der Waals surface area contributed by atoms with Gasteiger partial charge in [-0.25, -0.2) is 0 Å². The van der Waals surface area contributed by atoms with Crippen LogP contribution in [-0.2, 0) is 0 Å².